The maximum atomic E-state index is 9.47. The SMILES string of the molecule is Brc1ccc2c(c1)c1ccccc1c1nccnc21.OB(O)c1cccc(-c2cccc(-c3cccc4c3sc3ccccc34)c2)c1.[2H-].c1cc(-c2cccc(-c3cccc4c3sc3ccccc34)c2)cc(-c2ccc3c(c2)c2ccccc2c2nccnc32)c1. The highest BCUT2D eigenvalue weighted by Crippen LogP contribution is 2.44. The average molecular weight is 1260 g/mol. The molecule has 90 heavy (non-hydrogen) atoms. The van der Waals surface area contributed by atoms with Gasteiger partial charge in [0.25, 0.3) is 0 Å². The number of thiophene rings is 2. The van der Waals surface area contributed by atoms with Crippen molar-refractivity contribution in [2.45, 2.75) is 0 Å². The number of hydrogen-bond donors (Lipinski definition) is 2. The summed E-state index contributed by atoms with van der Waals surface area (Å²) in [5.41, 5.74) is 16.0. The van der Waals surface area contributed by atoms with Gasteiger partial charge in [0.05, 0.1) is 22.1 Å². The molecule has 0 aliphatic rings. The molecule has 0 spiro atoms. The lowest BCUT2D eigenvalue weighted by molar-refractivity contribution is 0.426. The van der Waals surface area contributed by atoms with Gasteiger partial charge in [0, 0.05) is 91.1 Å². The minimum Gasteiger partial charge on any atom is -1.00 e. The number of halogens is 1. The Morgan fingerprint density at radius 3 is 1.10 bits per heavy atom. The van der Waals surface area contributed by atoms with Crippen LogP contribution >= 0.6 is 38.6 Å². The molecule has 426 valence electrons. The second-order valence-electron chi connectivity index (χ2n) is 22.4. The molecule has 0 aliphatic heterocycles. The molecule has 0 bridgehead atoms. The Bertz CT molecular complexity index is 5780. The predicted molar refractivity (Wildman–Crippen MR) is 387 cm³/mol. The fraction of sp³-hybridized carbons (Fsp3) is 0. The molecular weight excluding hydrogens is 1200 g/mol. The summed E-state index contributed by atoms with van der Waals surface area (Å²) in [7, 11) is -1.46. The van der Waals surface area contributed by atoms with Crippen LogP contribution in [0.25, 0.3) is 161 Å². The Morgan fingerprint density at radius 2 is 0.622 bits per heavy atom. The highest BCUT2D eigenvalue weighted by molar-refractivity contribution is 9.10. The quantitative estimate of drug-likeness (QED) is 0.127. The number of nitrogens with zero attached hydrogens (tertiary/aromatic N) is 4. The van der Waals surface area contributed by atoms with Crippen molar-refractivity contribution in [3.8, 4) is 55.6 Å². The summed E-state index contributed by atoms with van der Waals surface area (Å²) in [6.45, 7) is 0. The van der Waals surface area contributed by atoms with Gasteiger partial charge in [-0.25, -0.2) is 0 Å². The minimum atomic E-state index is -1.46. The fourth-order valence-corrected chi connectivity index (χ4v) is 15.7. The van der Waals surface area contributed by atoms with Crippen molar-refractivity contribution in [1.82, 2.24) is 19.9 Å². The molecule has 18 rings (SSSR count). The van der Waals surface area contributed by atoms with E-state index in [9.17, 15) is 10.0 Å². The molecule has 4 aromatic heterocycles. The van der Waals surface area contributed by atoms with E-state index in [1.807, 2.05) is 53.0 Å². The van der Waals surface area contributed by atoms with Gasteiger partial charge in [0.1, 0.15) is 0 Å². The second kappa shape index (κ2) is 23.3. The molecule has 14 aromatic carbocycles. The third-order valence-electron chi connectivity index (χ3n) is 17.1. The van der Waals surface area contributed by atoms with E-state index in [2.05, 4.69) is 261 Å². The first-order chi connectivity index (χ1) is 44.4. The molecule has 0 saturated heterocycles. The van der Waals surface area contributed by atoms with Gasteiger partial charge in [-0.05, 0) is 131 Å². The van der Waals surface area contributed by atoms with Crippen LogP contribution in [0.3, 0.4) is 0 Å². The number of aromatic nitrogens is 4. The summed E-state index contributed by atoms with van der Waals surface area (Å²) < 4.78 is 6.34. The highest BCUT2D eigenvalue weighted by Gasteiger charge is 2.17. The third kappa shape index (κ3) is 10.0. The molecule has 0 saturated carbocycles. The molecule has 0 fully saturated rings. The third-order valence-corrected chi connectivity index (χ3v) is 20.0. The summed E-state index contributed by atoms with van der Waals surface area (Å²) in [5.74, 6) is 0. The van der Waals surface area contributed by atoms with Gasteiger partial charge in [-0.3, -0.25) is 19.9 Å². The van der Waals surface area contributed by atoms with Crippen molar-refractivity contribution in [3.63, 3.8) is 0 Å². The number of rotatable bonds is 6. The highest BCUT2D eigenvalue weighted by atomic mass is 79.9. The second-order valence-corrected chi connectivity index (χ2v) is 25.4. The van der Waals surface area contributed by atoms with E-state index >= 15 is 0 Å². The van der Waals surface area contributed by atoms with Crippen LogP contribution in [0, 0.1) is 0 Å². The smallest absolute Gasteiger partial charge is 0.488 e. The van der Waals surface area contributed by atoms with Crippen LogP contribution in [0.4, 0.5) is 0 Å². The van der Waals surface area contributed by atoms with Gasteiger partial charge >= 0.3 is 7.12 Å². The molecule has 10 heteroatoms. The van der Waals surface area contributed by atoms with Gasteiger partial charge in [-0.2, -0.15) is 0 Å². The molecule has 0 unspecified atom stereocenters. The zero-order valence-electron chi connectivity index (χ0n) is 49.2. The van der Waals surface area contributed by atoms with E-state index < -0.39 is 7.12 Å². The topological polar surface area (TPSA) is 92.0 Å². The van der Waals surface area contributed by atoms with Crippen molar-refractivity contribution in [2.24, 2.45) is 0 Å². The normalized spacial score (nSPS) is 11.5. The predicted octanol–water partition coefficient (Wildman–Crippen LogP) is 21.2. The first kappa shape index (κ1) is 55.0. The minimum absolute atomic E-state index is 0. The fourth-order valence-electron chi connectivity index (χ4n) is 12.9. The van der Waals surface area contributed by atoms with E-state index in [4.69, 9.17) is 4.98 Å². The summed E-state index contributed by atoms with van der Waals surface area (Å²) in [5, 5.41) is 33.6. The molecule has 4 heterocycles. The van der Waals surface area contributed by atoms with E-state index in [1.54, 1.807) is 30.9 Å². The van der Waals surface area contributed by atoms with Gasteiger partial charge in [0.2, 0.25) is 0 Å². The van der Waals surface area contributed by atoms with Crippen LogP contribution in [0.5, 0.6) is 0 Å². The van der Waals surface area contributed by atoms with Crippen LogP contribution in [0.15, 0.2) is 296 Å². The largest absolute Gasteiger partial charge is 1.00 e. The Balaban J connectivity index is 0.000000123. The zero-order valence-corrected chi connectivity index (χ0v) is 51.4. The number of hydrogen-bond acceptors (Lipinski definition) is 8. The Kier molecular flexibility index (Phi) is 14.3. The summed E-state index contributed by atoms with van der Waals surface area (Å²) in [4.78, 5) is 18.4. The molecule has 0 amide bonds. The summed E-state index contributed by atoms with van der Waals surface area (Å²) >= 11 is 7.25. The van der Waals surface area contributed by atoms with Crippen LogP contribution in [0.1, 0.15) is 1.43 Å². The van der Waals surface area contributed by atoms with Gasteiger partial charge in [-0.1, -0.05) is 234 Å². The molecule has 0 atom stereocenters. The van der Waals surface area contributed by atoms with Crippen molar-refractivity contribution in [3.05, 3.63) is 296 Å². The van der Waals surface area contributed by atoms with E-state index in [0.717, 1.165) is 64.8 Å². The summed E-state index contributed by atoms with van der Waals surface area (Å²) in [6, 6.07) is 93.9. The van der Waals surface area contributed by atoms with Crippen molar-refractivity contribution >= 4 is 157 Å². The van der Waals surface area contributed by atoms with E-state index in [0.29, 0.717) is 5.46 Å². The van der Waals surface area contributed by atoms with Crippen molar-refractivity contribution < 1.29 is 11.5 Å². The first-order valence-electron chi connectivity index (χ1n) is 29.7. The molecule has 2 N–H and O–H groups in total. The average Bonchev–Trinajstić information content (AvgIpc) is 1.46. The monoisotopic (exact) mass is 1250 g/mol. The number of fused-ring (bicyclic) bond motifs is 18. The van der Waals surface area contributed by atoms with E-state index in [-0.39, 0.29) is 1.43 Å². The maximum Gasteiger partial charge on any atom is 0.488 e. The Labute approximate surface area is 536 Å². The molecular formula is C80H51BBrN4O2S2-. The Morgan fingerprint density at radius 1 is 0.278 bits per heavy atom. The lowest BCUT2D eigenvalue weighted by Crippen LogP contribution is -2.29. The van der Waals surface area contributed by atoms with Gasteiger partial charge in [-0.15, -0.1) is 22.7 Å². The van der Waals surface area contributed by atoms with Crippen LogP contribution in [-0.4, -0.2) is 37.1 Å². The lowest BCUT2D eigenvalue weighted by atomic mass is 9.79. The lowest BCUT2D eigenvalue weighted by Gasteiger charge is -2.12. The first-order valence-corrected chi connectivity index (χ1v) is 32.1. The molecule has 18 aromatic rings. The van der Waals surface area contributed by atoms with Crippen LogP contribution in [0.2, 0.25) is 0 Å². The van der Waals surface area contributed by atoms with Crippen molar-refractivity contribution in [2.75, 3.05) is 0 Å². The van der Waals surface area contributed by atoms with E-state index in [1.165, 1.54) is 101 Å². The van der Waals surface area contributed by atoms with Crippen LogP contribution < -0.4 is 5.46 Å². The summed E-state index contributed by atoms with van der Waals surface area (Å²) in [6.07, 6.45) is 7.06. The molecule has 6 nitrogen and oxygen atoms in total. The number of benzene rings is 14. The zero-order chi connectivity index (χ0) is 60.2. The van der Waals surface area contributed by atoms with Gasteiger partial charge in [0.15, 0.2) is 0 Å². The van der Waals surface area contributed by atoms with Crippen molar-refractivity contribution in [1.29, 1.82) is 0 Å². The maximum absolute atomic E-state index is 9.47. The van der Waals surface area contributed by atoms with Gasteiger partial charge < -0.3 is 11.5 Å². The standard InChI is InChI=1S/C40H24N2S.C24H17BO2S.C16H9BrN2.H/c1-2-14-33-31(12-1)36-24-28(18-19-34(36)39-38(33)41-20-21-42-39)26-9-5-8-25(22-26)27-10-6-11-29(23-27)30-15-7-16-35-32-13-3-4-17-37(32)43-40(30)35;26-25(27)19-9-4-7-17(15-19)16-6-3-8-18(14-16)20-11-5-12-22-21-10-1-2-13-23(21)28-24(20)22;17-10-5-6-13-14(9-10)11-3-1-2-4-12(11)15-16(13)19-8-7-18-15;/h1-24H;1-15,26-27H;1-9H;/q;;;-1/i;;;1+1. The van der Waals surface area contributed by atoms with Crippen LogP contribution in [-0.2, 0) is 0 Å². The Hall–Kier alpha value is -10.3. The molecule has 0 radical (unpaired) electrons. The molecule has 0 aliphatic carbocycles.